The number of nitrogens with one attached hydrogen (secondary N) is 4. The fourth-order valence-corrected chi connectivity index (χ4v) is 3.69. The van der Waals surface area contributed by atoms with Crippen LogP contribution in [0.25, 0.3) is 0 Å². The number of aryl methyl sites for hydroxylation is 1. The summed E-state index contributed by atoms with van der Waals surface area (Å²) in [6.07, 6.45) is 1.50. The van der Waals surface area contributed by atoms with Gasteiger partial charge in [-0.3, -0.25) is 5.10 Å². The summed E-state index contributed by atoms with van der Waals surface area (Å²) in [5.74, 6) is 0.0396. The molecule has 0 unspecified atom stereocenters. The third kappa shape index (κ3) is 4.74. The monoisotopic (exact) mass is 409 g/mol. The van der Waals surface area contributed by atoms with Gasteiger partial charge in [0, 0.05) is 17.6 Å². The van der Waals surface area contributed by atoms with Gasteiger partial charge in [-0.05, 0) is 49.5 Å². The number of aromatic nitrogens is 4. The predicted octanol–water partition coefficient (Wildman–Crippen LogP) is 2.58. The highest BCUT2D eigenvalue weighted by atomic mass is 32.2. The van der Waals surface area contributed by atoms with Gasteiger partial charge in [0.25, 0.3) is 10.0 Å². The molecule has 0 atom stereocenters. The van der Waals surface area contributed by atoms with Crippen molar-refractivity contribution in [3.8, 4) is 0 Å². The third-order valence-corrected chi connectivity index (χ3v) is 5.55. The molecule has 26 heavy (non-hydrogen) atoms. The maximum absolute atomic E-state index is 12.4. The second-order valence-corrected chi connectivity index (χ2v) is 8.45. The van der Waals surface area contributed by atoms with Crippen molar-refractivity contribution in [3.63, 3.8) is 0 Å². The van der Waals surface area contributed by atoms with E-state index in [-0.39, 0.29) is 10.8 Å². The minimum absolute atomic E-state index is 0.0396. The first-order chi connectivity index (χ1) is 12.4. The maximum atomic E-state index is 12.4. The van der Waals surface area contributed by atoms with E-state index in [9.17, 15) is 8.42 Å². The Morgan fingerprint density at radius 3 is 2.62 bits per heavy atom. The number of H-pyrrole nitrogens is 1. The number of anilines is 3. The number of nitrogens with zero attached hydrogens (tertiary/aromatic N) is 3. The van der Waals surface area contributed by atoms with Crippen LogP contribution in [-0.4, -0.2) is 35.3 Å². The summed E-state index contributed by atoms with van der Waals surface area (Å²) in [5.41, 5.74) is 1.42. The highest BCUT2D eigenvalue weighted by molar-refractivity contribution is 7.92. The van der Waals surface area contributed by atoms with Gasteiger partial charge in [-0.15, -0.1) is 5.10 Å². The van der Waals surface area contributed by atoms with E-state index in [0.29, 0.717) is 21.4 Å². The lowest BCUT2D eigenvalue weighted by molar-refractivity contribution is 0.601. The van der Waals surface area contributed by atoms with Gasteiger partial charge < -0.3 is 10.6 Å². The van der Waals surface area contributed by atoms with Crippen LogP contribution in [0.3, 0.4) is 0 Å². The van der Waals surface area contributed by atoms with E-state index < -0.39 is 10.0 Å². The largest absolute Gasteiger partial charge is 0.368 e. The average Bonchev–Trinajstić information content (AvgIpc) is 3.00. The minimum atomic E-state index is -3.75. The molecule has 12 heteroatoms. The molecule has 0 bridgehead atoms. The summed E-state index contributed by atoms with van der Waals surface area (Å²) >= 11 is 6.28. The predicted molar refractivity (Wildman–Crippen MR) is 103 cm³/mol. The van der Waals surface area contributed by atoms with Gasteiger partial charge in [-0.2, -0.15) is 0 Å². The summed E-state index contributed by atoms with van der Waals surface area (Å²) in [6.45, 7) is 2.17. The molecule has 3 rings (SSSR count). The Morgan fingerprint density at radius 1 is 1.19 bits per heavy atom. The molecule has 0 radical (unpaired) electrons. The van der Waals surface area contributed by atoms with E-state index in [2.05, 4.69) is 35.5 Å². The van der Waals surface area contributed by atoms with Crippen LogP contribution in [0.1, 0.15) is 5.69 Å². The Kier molecular flexibility index (Phi) is 5.44. The highest BCUT2D eigenvalue weighted by Gasteiger charge is 2.15. The Balaban J connectivity index is 1.61. The highest BCUT2D eigenvalue weighted by Crippen LogP contribution is 2.17. The van der Waals surface area contributed by atoms with Crippen molar-refractivity contribution in [3.05, 3.63) is 46.2 Å². The van der Waals surface area contributed by atoms with E-state index in [1.807, 2.05) is 0 Å². The second-order valence-electron chi connectivity index (χ2n) is 5.10. The van der Waals surface area contributed by atoms with Gasteiger partial charge in [0.2, 0.25) is 11.1 Å². The normalized spacial score (nSPS) is 11.1. The van der Waals surface area contributed by atoms with Crippen LogP contribution in [0.5, 0.6) is 0 Å². The Bertz CT molecular complexity index is 1040. The van der Waals surface area contributed by atoms with Gasteiger partial charge in [-0.1, -0.05) is 11.3 Å². The number of sulfonamides is 1. The number of benzene rings is 1. The van der Waals surface area contributed by atoms with Crippen LogP contribution in [0.4, 0.5) is 16.8 Å². The molecule has 2 heterocycles. The van der Waals surface area contributed by atoms with E-state index in [0.717, 1.165) is 5.69 Å². The summed E-state index contributed by atoms with van der Waals surface area (Å²) in [5, 5.41) is 13.5. The molecular formula is C14H15N7O2S3. The van der Waals surface area contributed by atoms with E-state index in [1.165, 1.54) is 29.7 Å². The molecule has 0 spiro atoms. The molecule has 3 aromatic rings. The summed E-state index contributed by atoms with van der Waals surface area (Å²) in [6, 6.07) is 8.02. The van der Waals surface area contributed by atoms with Crippen molar-refractivity contribution in [1.29, 1.82) is 0 Å². The fourth-order valence-electron chi connectivity index (χ4n) is 1.96. The van der Waals surface area contributed by atoms with Crippen LogP contribution < -0.4 is 15.4 Å². The van der Waals surface area contributed by atoms with Gasteiger partial charge in [0.05, 0.1) is 11.6 Å². The Hall–Kier alpha value is -2.57. The molecule has 136 valence electrons. The zero-order chi connectivity index (χ0) is 18.6. The number of rotatable bonds is 7. The van der Waals surface area contributed by atoms with Crippen LogP contribution in [0.2, 0.25) is 0 Å². The first-order valence-electron chi connectivity index (χ1n) is 7.38. The molecule has 0 aliphatic rings. The second kappa shape index (κ2) is 7.76. The van der Waals surface area contributed by atoms with E-state index in [1.54, 1.807) is 25.1 Å². The lowest BCUT2D eigenvalue weighted by Crippen LogP contribution is -2.15. The summed E-state index contributed by atoms with van der Waals surface area (Å²) in [4.78, 5) is 8.05. The number of hydrogen-bond donors (Lipinski definition) is 4. The molecule has 9 nitrogen and oxygen atoms in total. The maximum Gasteiger partial charge on any atom is 0.264 e. The molecule has 0 saturated carbocycles. The van der Waals surface area contributed by atoms with Crippen molar-refractivity contribution >= 4 is 50.3 Å². The zero-order valence-electron chi connectivity index (χ0n) is 13.6. The fraction of sp³-hybridized carbons (Fsp3) is 0.143. The smallest absolute Gasteiger partial charge is 0.264 e. The lowest BCUT2D eigenvalue weighted by atomic mass is 10.3. The first-order valence-corrected chi connectivity index (χ1v) is 10.1. The summed E-state index contributed by atoms with van der Waals surface area (Å²) in [7, 11) is -3.75. The molecule has 2 aromatic heterocycles. The average molecular weight is 410 g/mol. The first kappa shape index (κ1) is 18.2. The van der Waals surface area contributed by atoms with Crippen molar-refractivity contribution in [2.45, 2.75) is 11.8 Å². The van der Waals surface area contributed by atoms with Crippen molar-refractivity contribution < 1.29 is 8.42 Å². The zero-order valence-corrected chi connectivity index (χ0v) is 16.0. The van der Waals surface area contributed by atoms with Gasteiger partial charge >= 0.3 is 0 Å². The SMILES string of the molecule is Cc1ccnc(NS(=O)(=O)c2ccc(NCNc3n[nH]c(=S)s3)cc2)n1. The van der Waals surface area contributed by atoms with Gasteiger partial charge in [0.15, 0.2) is 3.95 Å². The molecular weight excluding hydrogens is 394 g/mol. The summed E-state index contributed by atoms with van der Waals surface area (Å²) < 4.78 is 27.7. The molecule has 0 amide bonds. The quantitative estimate of drug-likeness (QED) is 0.347. The molecule has 0 aliphatic heterocycles. The standard InChI is InChI=1S/C14H15N7O2S3/c1-9-6-7-15-12(18-9)21-26(22,23)11-4-2-10(3-5-11)16-8-17-13-19-20-14(24)25-13/h2-7,16H,8H2,1H3,(H,17,19)(H,20,24)(H,15,18,21). The third-order valence-electron chi connectivity index (χ3n) is 3.16. The Morgan fingerprint density at radius 2 is 1.96 bits per heavy atom. The molecule has 0 saturated heterocycles. The molecule has 0 fully saturated rings. The van der Waals surface area contributed by atoms with Gasteiger partial charge in [0.1, 0.15) is 0 Å². The number of aromatic amines is 1. The van der Waals surface area contributed by atoms with Gasteiger partial charge in [-0.25, -0.2) is 23.1 Å². The van der Waals surface area contributed by atoms with Crippen LogP contribution >= 0.6 is 23.6 Å². The molecule has 4 N–H and O–H groups in total. The molecule has 0 aliphatic carbocycles. The van der Waals surface area contributed by atoms with E-state index >= 15 is 0 Å². The van der Waals surface area contributed by atoms with Crippen molar-refractivity contribution in [1.82, 2.24) is 20.2 Å². The topological polar surface area (TPSA) is 125 Å². The van der Waals surface area contributed by atoms with E-state index in [4.69, 9.17) is 12.2 Å². The van der Waals surface area contributed by atoms with Crippen LogP contribution in [0.15, 0.2) is 41.4 Å². The van der Waals surface area contributed by atoms with Crippen LogP contribution in [-0.2, 0) is 10.0 Å². The minimum Gasteiger partial charge on any atom is -0.368 e. The van der Waals surface area contributed by atoms with Crippen molar-refractivity contribution in [2.75, 3.05) is 22.0 Å². The number of hydrogen-bond acceptors (Lipinski definition) is 9. The Labute approximate surface area is 159 Å². The van der Waals surface area contributed by atoms with Crippen LogP contribution in [0, 0.1) is 10.9 Å². The lowest BCUT2D eigenvalue weighted by Gasteiger charge is -2.09. The molecule has 1 aromatic carbocycles. The van der Waals surface area contributed by atoms with Crippen molar-refractivity contribution in [2.24, 2.45) is 0 Å².